The second-order valence-electron chi connectivity index (χ2n) is 3.75. The van der Waals surface area contributed by atoms with Crippen LogP contribution in [0.4, 0.5) is 8.78 Å². The van der Waals surface area contributed by atoms with Crippen molar-refractivity contribution in [2.24, 2.45) is 0 Å². The Morgan fingerprint density at radius 2 is 1.42 bits per heavy atom. The van der Waals surface area contributed by atoms with Crippen LogP contribution in [-0.2, 0) is 6.67 Å². The third kappa shape index (κ3) is 5.71. The van der Waals surface area contributed by atoms with Gasteiger partial charge in [0.05, 0.1) is 0 Å². The first-order valence-corrected chi connectivity index (χ1v) is 7.73. The lowest BCUT2D eigenvalue weighted by atomic mass is 10.2. The minimum absolute atomic E-state index is 0.232. The summed E-state index contributed by atoms with van der Waals surface area (Å²) in [5, 5.41) is 0. The van der Waals surface area contributed by atoms with Crippen molar-refractivity contribution in [1.29, 1.82) is 0 Å². The molecule has 2 rings (SSSR count). The van der Waals surface area contributed by atoms with Crippen LogP contribution in [0.1, 0.15) is 11.1 Å². The molecule has 0 spiro atoms. The minimum Gasteiger partial charge on any atom is -0.246 e. The van der Waals surface area contributed by atoms with Crippen LogP contribution in [0.5, 0.6) is 0 Å². The standard InChI is InChI=1S/C7H5Br2F.C7H6BrF/c1-4-6(8)2-5(10)3-7(4)9;8-7-3-1-6(5-9)2-4-7/h2-3H,1H3;1-4H,5H2. The first-order valence-electron chi connectivity index (χ1n) is 5.35. The van der Waals surface area contributed by atoms with Crippen molar-refractivity contribution in [3.05, 3.63) is 66.8 Å². The molecule has 0 amide bonds. The molecule has 0 heterocycles. The monoisotopic (exact) mass is 454 g/mol. The van der Waals surface area contributed by atoms with Crippen molar-refractivity contribution in [3.8, 4) is 0 Å². The normalized spacial score (nSPS) is 9.79. The van der Waals surface area contributed by atoms with E-state index in [0.717, 1.165) is 24.5 Å². The number of benzene rings is 2. The second-order valence-corrected chi connectivity index (χ2v) is 6.38. The number of hydrogen-bond acceptors (Lipinski definition) is 0. The first kappa shape index (κ1) is 16.8. The van der Waals surface area contributed by atoms with Crippen LogP contribution >= 0.6 is 47.8 Å². The second kappa shape index (κ2) is 8.12. The van der Waals surface area contributed by atoms with E-state index in [1.807, 2.05) is 19.1 Å². The average molecular weight is 457 g/mol. The molecule has 0 unspecified atom stereocenters. The van der Waals surface area contributed by atoms with E-state index in [2.05, 4.69) is 47.8 Å². The van der Waals surface area contributed by atoms with Crippen LogP contribution < -0.4 is 0 Å². The van der Waals surface area contributed by atoms with Gasteiger partial charge in [-0.05, 0) is 42.3 Å². The van der Waals surface area contributed by atoms with Crippen LogP contribution in [0, 0.1) is 12.7 Å². The summed E-state index contributed by atoms with van der Waals surface area (Å²) in [6, 6.07) is 10.1. The number of hydrogen-bond donors (Lipinski definition) is 0. The molecule has 0 aromatic heterocycles. The summed E-state index contributed by atoms with van der Waals surface area (Å²) in [6.45, 7) is 1.53. The molecule has 0 radical (unpaired) electrons. The van der Waals surface area contributed by atoms with Gasteiger partial charge < -0.3 is 0 Å². The van der Waals surface area contributed by atoms with E-state index in [9.17, 15) is 8.78 Å². The number of alkyl halides is 1. The van der Waals surface area contributed by atoms with E-state index in [4.69, 9.17) is 0 Å². The molecular weight excluding hydrogens is 446 g/mol. The minimum atomic E-state index is -0.382. The SMILES string of the molecule is Cc1c(Br)cc(F)cc1Br.FCc1ccc(Br)cc1. The lowest BCUT2D eigenvalue weighted by molar-refractivity contribution is 0.485. The molecule has 2 aromatic rings. The lowest BCUT2D eigenvalue weighted by Gasteiger charge is -1.99. The summed E-state index contributed by atoms with van der Waals surface area (Å²) in [6.07, 6.45) is 0. The van der Waals surface area contributed by atoms with Crippen molar-refractivity contribution >= 4 is 47.8 Å². The Hall–Kier alpha value is -0.260. The molecule has 5 heteroatoms. The Morgan fingerprint density at radius 1 is 0.947 bits per heavy atom. The molecule has 0 aliphatic heterocycles. The average Bonchev–Trinajstić information content (AvgIpc) is 2.37. The number of rotatable bonds is 1. The Labute approximate surface area is 136 Å². The zero-order valence-corrected chi connectivity index (χ0v) is 14.8. The third-order valence-electron chi connectivity index (χ3n) is 2.31. The molecule has 0 aliphatic rings. The van der Waals surface area contributed by atoms with E-state index in [1.54, 1.807) is 12.1 Å². The van der Waals surface area contributed by atoms with Crippen LogP contribution in [-0.4, -0.2) is 0 Å². The van der Waals surface area contributed by atoms with E-state index in [1.165, 1.54) is 12.1 Å². The summed E-state index contributed by atoms with van der Waals surface area (Å²) >= 11 is 9.71. The van der Waals surface area contributed by atoms with Gasteiger partial charge in [-0.25, -0.2) is 8.78 Å². The Kier molecular flexibility index (Phi) is 7.18. The van der Waals surface area contributed by atoms with Gasteiger partial charge >= 0.3 is 0 Å². The quantitative estimate of drug-likeness (QED) is 0.454. The zero-order chi connectivity index (χ0) is 14.4. The van der Waals surface area contributed by atoms with Gasteiger partial charge in [-0.1, -0.05) is 59.9 Å². The van der Waals surface area contributed by atoms with Gasteiger partial charge in [-0.3, -0.25) is 0 Å². The van der Waals surface area contributed by atoms with Crippen LogP contribution in [0.2, 0.25) is 0 Å². The van der Waals surface area contributed by atoms with Gasteiger partial charge in [-0.15, -0.1) is 0 Å². The van der Waals surface area contributed by atoms with Crippen molar-refractivity contribution < 1.29 is 8.78 Å². The molecule has 2 aromatic carbocycles. The maximum Gasteiger partial charge on any atom is 0.125 e. The molecule has 0 nitrogen and oxygen atoms in total. The molecule has 0 fully saturated rings. The van der Waals surface area contributed by atoms with Gasteiger partial charge in [0.15, 0.2) is 0 Å². The largest absolute Gasteiger partial charge is 0.246 e. The molecule has 0 saturated heterocycles. The van der Waals surface area contributed by atoms with Crippen LogP contribution in [0.3, 0.4) is 0 Å². The molecule has 19 heavy (non-hydrogen) atoms. The van der Waals surface area contributed by atoms with Gasteiger partial charge in [0.2, 0.25) is 0 Å². The summed E-state index contributed by atoms with van der Waals surface area (Å²) in [5.74, 6) is -0.232. The van der Waals surface area contributed by atoms with E-state index < -0.39 is 0 Å². The highest BCUT2D eigenvalue weighted by Crippen LogP contribution is 2.25. The topological polar surface area (TPSA) is 0 Å². The van der Waals surface area contributed by atoms with E-state index in [-0.39, 0.29) is 12.5 Å². The molecule has 0 saturated carbocycles. The summed E-state index contributed by atoms with van der Waals surface area (Å²) < 4.78 is 27.0. The lowest BCUT2D eigenvalue weighted by Crippen LogP contribution is -1.80. The Morgan fingerprint density at radius 3 is 1.84 bits per heavy atom. The number of halogens is 5. The molecule has 102 valence electrons. The van der Waals surface area contributed by atoms with Gasteiger partial charge in [-0.2, -0.15) is 0 Å². The van der Waals surface area contributed by atoms with Crippen molar-refractivity contribution in [1.82, 2.24) is 0 Å². The fourth-order valence-electron chi connectivity index (χ4n) is 1.19. The summed E-state index contributed by atoms with van der Waals surface area (Å²) in [5.41, 5.74) is 1.74. The van der Waals surface area contributed by atoms with Crippen molar-refractivity contribution in [3.63, 3.8) is 0 Å². The Balaban J connectivity index is 0.000000191. The molecule has 0 aliphatic carbocycles. The smallest absolute Gasteiger partial charge is 0.125 e. The van der Waals surface area contributed by atoms with Crippen LogP contribution in [0.25, 0.3) is 0 Å². The zero-order valence-electron chi connectivity index (χ0n) is 10.1. The third-order valence-corrected chi connectivity index (χ3v) is 4.49. The molecule has 0 N–H and O–H groups in total. The van der Waals surface area contributed by atoms with Gasteiger partial charge in [0, 0.05) is 13.4 Å². The van der Waals surface area contributed by atoms with E-state index >= 15 is 0 Å². The van der Waals surface area contributed by atoms with Crippen molar-refractivity contribution in [2.75, 3.05) is 0 Å². The highest BCUT2D eigenvalue weighted by atomic mass is 79.9. The highest BCUT2D eigenvalue weighted by molar-refractivity contribution is 9.11. The summed E-state index contributed by atoms with van der Waals surface area (Å²) in [7, 11) is 0. The summed E-state index contributed by atoms with van der Waals surface area (Å²) in [4.78, 5) is 0. The van der Waals surface area contributed by atoms with Crippen LogP contribution in [0.15, 0.2) is 49.8 Å². The van der Waals surface area contributed by atoms with Gasteiger partial charge in [0.1, 0.15) is 12.5 Å². The first-order chi connectivity index (χ1) is 8.93. The predicted molar refractivity (Wildman–Crippen MR) is 85.5 cm³/mol. The molecule has 0 atom stereocenters. The fraction of sp³-hybridized carbons (Fsp3) is 0.143. The van der Waals surface area contributed by atoms with Gasteiger partial charge in [0.25, 0.3) is 0 Å². The predicted octanol–water partition coefficient (Wildman–Crippen LogP) is 6.58. The fourth-order valence-corrected chi connectivity index (χ4v) is 2.58. The van der Waals surface area contributed by atoms with Crippen molar-refractivity contribution in [2.45, 2.75) is 13.6 Å². The molecule has 0 bridgehead atoms. The van der Waals surface area contributed by atoms with E-state index in [0.29, 0.717) is 0 Å². The molecular formula is C14H11Br3F2. The maximum atomic E-state index is 12.5. The highest BCUT2D eigenvalue weighted by Gasteiger charge is 2.01. The maximum absolute atomic E-state index is 12.5. The Bertz CT molecular complexity index is 516.